The van der Waals surface area contributed by atoms with E-state index in [9.17, 15) is 0 Å². The molecule has 21 heavy (non-hydrogen) atoms. The van der Waals surface area contributed by atoms with Crippen molar-refractivity contribution in [2.75, 3.05) is 18.1 Å². The fourth-order valence-electron chi connectivity index (χ4n) is 2.25. The molecule has 0 aliphatic rings. The Labute approximate surface area is 128 Å². The van der Waals surface area contributed by atoms with Gasteiger partial charge in [-0.15, -0.1) is 11.8 Å². The summed E-state index contributed by atoms with van der Waals surface area (Å²) in [5.74, 6) is 1.82. The van der Waals surface area contributed by atoms with Crippen LogP contribution in [0.1, 0.15) is 0 Å². The molecule has 3 aromatic carbocycles. The Bertz CT molecular complexity index is 728. The average Bonchev–Trinajstić information content (AvgIpc) is 2.55. The third kappa shape index (κ3) is 3.31. The van der Waals surface area contributed by atoms with Gasteiger partial charge in [0.15, 0.2) is 0 Å². The normalized spacial score (nSPS) is 10.7. The molecule has 0 fully saturated rings. The van der Waals surface area contributed by atoms with E-state index in [0.29, 0.717) is 6.61 Å². The van der Waals surface area contributed by atoms with Gasteiger partial charge in [0.1, 0.15) is 5.75 Å². The Morgan fingerprint density at radius 1 is 0.810 bits per heavy atom. The molecular weight excluding hydrogens is 278 g/mol. The van der Waals surface area contributed by atoms with Crippen LogP contribution < -0.4 is 10.5 Å². The van der Waals surface area contributed by atoms with Gasteiger partial charge in [-0.1, -0.05) is 42.5 Å². The Kier molecular flexibility index (Phi) is 4.31. The maximum Gasteiger partial charge on any atom is 0.127 e. The molecule has 0 spiro atoms. The van der Waals surface area contributed by atoms with Crippen LogP contribution in [-0.4, -0.2) is 12.4 Å². The quantitative estimate of drug-likeness (QED) is 0.425. The van der Waals surface area contributed by atoms with Crippen molar-refractivity contribution in [1.29, 1.82) is 0 Å². The number of anilines is 1. The van der Waals surface area contributed by atoms with Gasteiger partial charge in [-0.05, 0) is 24.3 Å². The van der Waals surface area contributed by atoms with Gasteiger partial charge in [0.25, 0.3) is 0 Å². The van der Waals surface area contributed by atoms with Gasteiger partial charge in [-0.2, -0.15) is 0 Å². The molecule has 0 heterocycles. The van der Waals surface area contributed by atoms with Gasteiger partial charge in [0.05, 0.1) is 6.61 Å². The summed E-state index contributed by atoms with van der Waals surface area (Å²) in [7, 11) is 0. The van der Waals surface area contributed by atoms with Gasteiger partial charge in [0.2, 0.25) is 0 Å². The molecule has 3 aromatic rings. The third-order valence-corrected chi connectivity index (χ3v) is 4.25. The molecule has 0 aliphatic carbocycles. The minimum atomic E-state index is 0.674. The Morgan fingerprint density at radius 3 is 2.33 bits per heavy atom. The number of nitrogen functional groups attached to an aromatic ring is 1. The van der Waals surface area contributed by atoms with Crippen LogP contribution in [0.3, 0.4) is 0 Å². The number of nitrogens with two attached hydrogens (primary N) is 1. The molecule has 0 atom stereocenters. The average molecular weight is 295 g/mol. The summed E-state index contributed by atoms with van der Waals surface area (Å²) < 4.78 is 5.92. The number of thioether (sulfide) groups is 1. The highest BCUT2D eigenvalue weighted by Crippen LogP contribution is 2.30. The first-order valence-corrected chi connectivity index (χ1v) is 7.91. The van der Waals surface area contributed by atoms with Gasteiger partial charge >= 0.3 is 0 Å². The molecule has 106 valence electrons. The topological polar surface area (TPSA) is 35.2 Å². The maximum absolute atomic E-state index is 6.00. The summed E-state index contributed by atoms with van der Waals surface area (Å²) in [5.41, 5.74) is 6.78. The van der Waals surface area contributed by atoms with Crippen LogP contribution in [0.4, 0.5) is 5.69 Å². The third-order valence-electron chi connectivity index (χ3n) is 3.27. The summed E-state index contributed by atoms with van der Waals surface area (Å²) >= 11 is 1.80. The van der Waals surface area contributed by atoms with Crippen molar-refractivity contribution in [1.82, 2.24) is 0 Å². The van der Waals surface area contributed by atoms with Crippen molar-refractivity contribution in [3.63, 3.8) is 0 Å². The first-order chi connectivity index (χ1) is 10.3. The lowest BCUT2D eigenvalue weighted by atomic mass is 10.1. The summed E-state index contributed by atoms with van der Waals surface area (Å²) in [5, 5.41) is 2.12. The Balaban J connectivity index is 1.65. The van der Waals surface area contributed by atoms with Crippen LogP contribution in [0.15, 0.2) is 71.6 Å². The number of ether oxygens (including phenoxy) is 1. The fraction of sp³-hybridized carbons (Fsp3) is 0.111. The predicted octanol–water partition coefficient (Wildman–Crippen LogP) is 4.59. The smallest absolute Gasteiger partial charge is 0.127 e. The van der Waals surface area contributed by atoms with Gasteiger partial charge in [0, 0.05) is 27.1 Å². The molecule has 2 N–H and O–H groups in total. The van der Waals surface area contributed by atoms with Crippen LogP contribution in [0, 0.1) is 0 Å². The minimum Gasteiger partial charge on any atom is -0.492 e. The largest absolute Gasteiger partial charge is 0.492 e. The number of fused-ring (bicyclic) bond motifs is 1. The molecule has 0 aliphatic heterocycles. The summed E-state index contributed by atoms with van der Waals surface area (Å²) in [4.78, 5) is 1.27. The van der Waals surface area contributed by atoms with E-state index in [1.165, 1.54) is 4.90 Å². The molecule has 3 rings (SSSR count). The molecule has 0 saturated carbocycles. The molecule has 0 saturated heterocycles. The standard InChI is InChI=1S/C18H17NOS/c19-17-10-11-18(16-9-5-4-8-15(16)17)20-12-13-21-14-6-2-1-3-7-14/h1-11H,12-13,19H2. The molecule has 0 bridgehead atoms. The number of hydrogen-bond acceptors (Lipinski definition) is 3. The number of hydrogen-bond donors (Lipinski definition) is 1. The van der Waals surface area contributed by atoms with E-state index in [0.717, 1.165) is 28.0 Å². The molecule has 0 amide bonds. The molecule has 0 aromatic heterocycles. The minimum absolute atomic E-state index is 0.674. The second-order valence-electron chi connectivity index (χ2n) is 4.71. The van der Waals surface area contributed by atoms with Crippen LogP contribution in [0.5, 0.6) is 5.75 Å². The van der Waals surface area contributed by atoms with Crippen LogP contribution in [0.2, 0.25) is 0 Å². The van der Waals surface area contributed by atoms with Gasteiger partial charge in [-0.25, -0.2) is 0 Å². The molecule has 2 nitrogen and oxygen atoms in total. The monoisotopic (exact) mass is 295 g/mol. The van der Waals surface area contributed by atoms with Crippen LogP contribution in [0.25, 0.3) is 10.8 Å². The second kappa shape index (κ2) is 6.55. The highest BCUT2D eigenvalue weighted by molar-refractivity contribution is 7.99. The fourth-order valence-corrected chi connectivity index (χ4v) is 3.00. The van der Waals surface area contributed by atoms with Crippen molar-refractivity contribution in [3.8, 4) is 5.75 Å². The van der Waals surface area contributed by atoms with Crippen molar-refractivity contribution in [2.45, 2.75) is 4.90 Å². The van der Waals surface area contributed by atoms with E-state index in [1.807, 2.05) is 42.5 Å². The molecule has 0 unspecified atom stereocenters. The lowest BCUT2D eigenvalue weighted by Gasteiger charge is -2.10. The van der Waals surface area contributed by atoms with Crippen molar-refractivity contribution in [3.05, 3.63) is 66.7 Å². The van der Waals surface area contributed by atoms with Crippen LogP contribution in [-0.2, 0) is 0 Å². The lowest BCUT2D eigenvalue weighted by Crippen LogP contribution is -2.01. The zero-order chi connectivity index (χ0) is 14.5. The Hall–Kier alpha value is -2.13. The number of benzene rings is 3. The van der Waals surface area contributed by atoms with E-state index >= 15 is 0 Å². The lowest BCUT2D eigenvalue weighted by molar-refractivity contribution is 0.348. The van der Waals surface area contributed by atoms with Crippen molar-refractivity contribution >= 4 is 28.2 Å². The van der Waals surface area contributed by atoms with Crippen molar-refractivity contribution < 1.29 is 4.74 Å². The first kappa shape index (κ1) is 13.8. The molecular formula is C18H17NOS. The SMILES string of the molecule is Nc1ccc(OCCSc2ccccc2)c2ccccc12. The van der Waals surface area contributed by atoms with E-state index in [1.54, 1.807) is 11.8 Å². The van der Waals surface area contributed by atoms with E-state index < -0.39 is 0 Å². The maximum atomic E-state index is 6.00. The molecule has 0 radical (unpaired) electrons. The van der Waals surface area contributed by atoms with E-state index in [4.69, 9.17) is 10.5 Å². The van der Waals surface area contributed by atoms with E-state index in [2.05, 4.69) is 24.3 Å². The van der Waals surface area contributed by atoms with E-state index in [-0.39, 0.29) is 0 Å². The predicted molar refractivity (Wildman–Crippen MR) is 91.0 cm³/mol. The van der Waals surface area contributed by atoms with Gasteiger partial charge in [-0.3, -0.25) is 0 Å². The Morgan fingerprint density at radius 2 is 1.52 bits per heavy atom. The second-order valence-corrected chi connectivity index (χ2v) is 5.88. The molecule has 3 heteroatoms. The van der Waals surface area contributed by atoms with Crippen LogP contribution >= 0.6 is 11.8 Å². The zero-order valence-corrected chi connectivity index (χ0v) is 12.5. The zero-order valence-electron chi connectivity index (χ0n) is 11.7. The number of rotatable bonds is 5. The summed E-state index contributed by atoms with van der Waals surface area (Å²) in [6, 6.07) is 22.3. The first-order valence-electron chi connectivity index (χ1n) is 6.92. The summed E-state index contributed by atoms with van der Waals surface area (Å²) in [6.45, 7) is 0.674. The highest BCUT2D eigenvalue weighted by atomic mass is 32.2. The van der Waals surface area contributed by atoms with Gasteiger partial charge < -0.3 is 10.5 Å². The van der Waals surface area contributed by atoms with Crippen molar-refractivity contribution in [2.24, 2.45) is 0 Å². The highest BCUT2D eigenvalue weighted by Gasteiger charge is 2.04. The summed E-state index contributed by atoms with van der Waals surface area (Å²) in [6.07, 6.45) is 0.